The van der Waals surface area contributed by atoms with E-state index >= 15 is 0 Å². The summed E-state index contributed by atoms with van der Waals surface area (Å²) in [7, 11) is 0. The standard InChI is InChI=1S/C18H27NO/c1-3-17(14-8-6-5-7-9-14)19-16-12-10-15(11-13-16)18(20)4-2/h10-14,17,19H,3-9H2,1-2H3. The van der Waals surface area contributed by atoms with Gasteiger partial charge < -0.3 is 5.32 Å². The van der Waals surface area contributed by atoms with Gasteiger partial charge in [-0.2, -0.15) is 0 Å². The molecule has 20 heavy (non-hydrogen) atoms. The second kappa shape index (κ2) is 7.47. The fourth-order valence-corrected chi connectivity index (χ4v) is 3.26. The zero-order chi connectivity index (χ0) is 14.4. The Hall–Kier alpha value is -1.31. The van der Waals surface area contributed by atoms with Crippen molar-refractivity contribution in [1.29, 1.82) is 0 Å². The lowest BCUT2D eigenvalue weighted by molar-refractivity contribution is 0.0988. The second-order valence-corrected chi connectivity index (χ2v) is 5.91. The van der Waals surface area contributed by atoms with Gasteiger partial charge in [-0.1, -0.05) is 33.1 Å². The lowest BCUT2D eigenvalue weighted by atomic mass is 9.83. The Bertz CT molecular complexity index is 418. The van der Waals surface area contributed by atoms with Crippen LogP contribution in [0, 0.1) is 5.92 Å². The van der Waals surface area contributed by atoms with Gasteiger partial charge >= 0.3 is 0 Å². The predicted octanol–water partition coefficient (Wildman–Crippen LogP) is 5.05. The molecule has 2 nitrogen and oxygen atoms in total. The number of nitrogens with one attached hydrogen (secondary N) is 1. The molecule has 1 atom stereocenters. The summed E-state index contributed by atoms with van der Waals surface area (Å²) >= 11 is 0. The van der Waals surface area contributed by atoms with Crippen LogP contribution < -0.4 is 5.32 Å². The van der Waals surface area contributed by atoms with E-state index in [1.807, 2.05) is 31.2 Å². The van der Waals surface area contributed by atoms with E-state index in [-0.39, 0.29) is 5.78 Å². The maximum absolute atomic E-state index is 11.6. The fraction of sp³-hybridized carbons (Fsp3) is 0.611. The molecule has 110 valence electrons. The Morgan fingerprint density at radius 2 is 1.80 bits per heavy atom. The maximum Gasteiger partial charge on any atom is 0.162 e. The Morgan fingerprint density at radius 3 is 2.35 bits per heavy atom. The van der Waals surface area contributed by atoms with Gasteiger partial charge in [-0.15, -0.1) is 0 Å². The van der Waals surface area contributed by atoms with E-state index in [9.17, 15) is 4.79 Å². The minimum absolute atomic E-state index is 0.218. The van der Waals surface area contributed by atoms with E-state index < -0.39 is 0 Å². The van der Waals surface area contributed by atoms with Gasteiger partial charge in [0.15, 0.2) is 5.78 Å². The first-order valence-electron chi connectivity index (χ1n) is 8.14. The number of anilines is 1. The molecule has 1 unspecified atom stereocenters. The summed E-state index contributed by atoms with van der Waals surface area (Å²) in [6, 6.07) is 8.56. The highest BCUT2D eigenvalue weighted by Gasteiger charge is 2.22. The third kappa shape index (κ3) is 3.84. The smallest absolute Gasteiger partial charge is 0.162 e. The molecule has 0 radical (unpaired) electrons. The minimum Gasteiger partial charge on any atom is -0.382 e. The zero-order valence-corrected chi connectivity index (χ0v) is 12.8. The van der Waals surface area contributed by atoms with Gasteiger partial charge in [0.05, 0.1) is 0 Å². The van der Waals surface area contributed by atoms with Crippen molar-refractivity contribution in [1.82, 2.24) is 0 Å². The Labute approximate surface area is 123 Å². The molecule has 0 heterocycles. The van der Waals surface area contributed by atoms with Crippen LogP contribution in [0.4, 0.5) is 5.69 Å². The zero-order valence-electron chi connectivity index (χ0n) is 12.8. The largest absolute Gasteiger partial charge is 0.382 e. The monoisotopic (exact) mass is 273 g/mol. The summed E-state index contributed by atoms with van der Waals surface area (Å²) in [6.45, 7) is 4.17. The molecule has 1 N–H and O–H groups in total. The van der Waals surface area contributed by atoms with Crippen LogP contribution in [0.25, 0.3) is 0 Å². The van der Waals surface area contributed by atoms with Crippen molar-refractivity contribution in [3.05, 3.63) is 29.8 Å². The van der Waals surface area contributed by atoms with Gasteiger partial charge in [0.25, 0.3) is 0 Å². The van der Waals surface area contributed by atoms with Crippen LogP contribution >= 0.6 is 0 Å². The molecule has 0 amide bonds. The molecule has 1 saturated carbocycles. The van der Waals surface area contributed by atoms with Crippen molar-refractivity contribution in [2.75, 3.05) is 5.32 Å². The van der Waals surface area contributed by atoms with E-state index in [4.69, 9.17) is 0 Å². The van der Waals surface area contributed by atoms with Crippen molar-refractivity contribution >= 4 is 11.5 Å². The highest BCUT2D eigenvalue weighted by Crippen LogP contribution is 2.29. The highest BCUT2D eigenvalue weighted by molar-refractivity contribution is 5.96. The summed E-state index contributed by atoms with van der Waals surface area (Å²) < 4.78 is 0. The molecule has 1 aromatic rings. The number of hydrogen-bond donors (Lipinski definition) is 1. The number of hydrogen-bond acceptors (Lipinski definition) is 2. The normalized spacial score (nSPS) is 17.7. The van der Waals surface area contributed by atoms with Gasteiger partial charge in [0, 0.05) is 23.7 Å². The Balaban J connectivity index is 1.98. The molecule has 0 aromatic heterocycles. The van der Waals surface area contributed by atoms with E-state index in [2.05, 4.69) is 12.2 Å². The van der Waals surface area contributed by atoms with Gasteiger partial charge in [0.1, 0.15) is 0 Å². The van der Waals surface area contributed by atoms with Crippen molar-refractivity contribution < 1.29 is 4.79 Å². The van der Waals surface area contributed by atoms with Crippen LogP contribution in [0.1, 0.15) is 69.2 Å². The van der Waals surface area contributed by atoms with Crippen LogP contribution in [0.5, 0.6) is 0 Å². The van der Waals surface area contributed by atoms with Crippen molar-refractivity contribution in [3.63, 3.8) is 0 Å². The quantitative estimate of drug-likeness (QED) is 0.735. The molecule has 1 fully saturated rings. The van der Waals surface area contributed by atoms with E-state index in [1.54, 1.807) is 0 Å². The van der Waals surface area contributed by atoms with Crippen molar-refractivity contribution in [2.45, 2.75) is 64.8 Å². The summed E-state index contributed by atoms with van der Waals surface area (Å²) in [4.78, 5) is 11.6. The van der Waals surface area contributed by atoms with Crippen LogP contribution in [0.2, 0.25) is 0 Å². The number of benzene rings is 1. The predicted molar refractivity (Wildman–Crippen MR) is 85.3 cm³/mol. The van der Waals surface area contributed by atoms with Crippen molar-refractivity contribution in [2.24, 2.45) is 5.92 Å². The molecule has 1 aromatic carbocycles. The molecule has 0 aliphatic heterocycles. The number of carbonyl (C=O) groups is 1. The second-order valence-electron chi connectivity index (χ2n) is 5.91. The van der Waals surface area contributed by atoms with Gasteiger partial charge in [-0.25, -0.2) is 0 Å². The van der Waals surface area contributed by atoms with E-state index in [0.29, 0.717) is 12.5 Å². The summed E-state index contributed by atoms with van der Waals surface area (Å²) in [5, 5.41) is 3.67. The van der Waals surface area contributed by atoms with Crippen LogP contribution in [0.3, 0.4) is 0 Å². The molecule has 1 aliphatic rings. The molecule has 1 aliphatic carbocycles. The topological polar surface area (TPSA) is 29.1 Å². The first-order valence-corrected chi connectivity index (χ1v) is 8.14. The first-order chi connectivity index (χ1) is 9.74. The van der Waals surface area contributed by atoms with Gasteiger partial charge in [-0.3, -0.25) is 4.79 Å². The number of rotatable bonds is 6. The fourth-order valence-electron chi connectivity index (χ4n) is 3.26. The summed E-state index contributed by atoms with van der Waals surface area (Å²) in [5.41, 5.74) is 1.97. The lowest BCUT2D eigenvalue weighted by Gasteiger charge is -2.31. The number of Topliss-reactive ketones (excluding diaryl/α,β-unsaturated/α-hetero) is 1. The van der Waals surface area contributed by atoms with Crippen LogP contribution in [-0.4, -0.2) is 11.8 Å². The van der Waals surface area contributed by atoms with Crippen molar-refractivity contribution in [3.8, 4) is 0 Å². The third-order valence-electron chi connectivity index (χ3n) is 4.54. The molecule has 0 spiro atoms. The maximum atomic E-state index is 11.6. The molecular weight excluding hydrogens is 246 g/mol. The Morgan fingerprint density at radius 1 is 1.15 bits per heavy atom. The first kappa shape index (κ1) is 15.1. The molecule has 2 heteroatoms. The lowest BCUT2D eigenvalue weighted by Crippen LogP contribution is -2.30. The SMILES string of the molecule is CCC(=O)c1ccc(NC(CC)C2CCCCC2)cc1. The summed E-state index contributed by atoms with van der Waals surface area (Å²) in [5.74, 6) is 1.03. The van der Waals surface area contributed by atoms with Crippen LogP contribution in [-0.2, 0) is 0 Å². The molecule has 2 rings (SSSR count). The average Bonchev–Trinajstić information content (AvgIpc) is 2.53. The highest BCUT2D eigenvalue weighted by atomic mass is 16.1. The number of ketones is 1. The minimum atomic E-state index is 0.218. The van der Waals surface area contributed by atoms with E-state index in [0.717, 1.165) is 17.2 Å². The average molecular weight is 273 g/mol. The van der Waals surface area contributed by atoms with E-state index in [1.165, 1.54) is 38.5 Å². The molecule has 0 bridgehead atoms. The number of carbonyl (C=O) groups excluding carboxylic acids is 1. The molecular formula is C18H27NO. The summed E-state index contributed by atoms with van der Waals surface area (Å²) in [6.07, 6.45) is 8.63. The van der Waals surface area contributed by atoms with Gasteiger partial charge in [0.2, 0.25) is 0 Å². The van der Waals surface area contributed by atoms with Gasteiger partial charge in [-0.05, 0) is 49.4 Å². The Kier molecular flexibility index (Phi) is 5.63. The van der Waals surface area contributed by atoms with Crippen LogP contribution in [0.15, 0.2) is 24.3 Å². The third-order valence-corrected chi connectivity index (χ3v) is 4.54. The molecule has 0 saturated heterocycles.